The summed E-state index contributed by atoms with van der Waals surface area (Å²) in [4.78, 5) is 14.9. The molecule has 0 aliphatic carbocycles. The largest absolute Gasteiger partial charge is 0.484 e. The quantitative estimate of drug-likeness (QED) is 0.864. The molecule has 1 amide bonds. The van der Waals surface area contributed by atoms with Crippen molar-refractivity contribution in [1.82, 2.24) is 10.3 Å². The van der Waals surface area contributed by atoms with Crippen molar-refractivity contribution in [3.8, 4) is 5.75 Å². The van der Waals surface area contributed by atoms with E-state index in [9.17, 15) is 4.79 Å². The zero-order valence-electron chi connectivity index (χ0n) is 11.2. The number of amides is 1. The predicted octanol–water partition coefficient (Wildman–Crippen LogP) is 2.33. The molecule has 2 rings (SSSR count). The van der Waals surface area contributed by atoms with Gasteiger partial charge in [0.15, 0.2) is 6.61 Å². The minimum Gasteiger partial charge on any atom is -0.484 e. The first-order chi connectivity index (χ1) is 9.15. The number of para-hydroxylation sites is 1. The first-order valence-corrected chi connectivity index (χ1v) is 6.25. The molecule has 19 heavy (non-hydrogen) atoms. The van der Waals surface area contributed by atoms with Gasteiger partial charge in [-0.1, -0.05) is 18.2 Å². The number of benzene rings is 1. The number of rotatable bonds is 5. The van der Waals surface area contributed by atoms with Crippen LogP contribution in [0.15, 0.2) is 36.4 Å². The Labute approximate surface area is 112 Å². The van der Waals surface area contributed by atoms with Gasteiger partial charge in [-0.3, -0.25) is 4.79 Å². The van der Waals surface area contributed by atoms with Gasteiger partial charge in [-0.05, 0) is 37.6 Å². The topological polar surface area (TPSA) is 54.1 Å². The maximum absolute atomic E-state index is 11.7. The molecule has 0 spiro atoms. The average molecular weight is 258 g/mol. The molecule has 2 aromatic rings. The Kier molecular flexibility index (Phi) is 4.23. The van der Waals surface area contributed by atoms with E-state index in [2.05, 4.69) is 10.3 Å². The second kappa shape index (κ2) is 6.09. The number of aromatic nitrogens is 1. The van der Waals surface area contributed by atoms with Gasteiger partial charge in [0.25, 0.3) is 5.91 Å². The first kappa shape index (κ1) is 13.2. The molecule has 1 aromatic carbocycles. The SMILES string of the molecule is Cc1cc(CNC(=O)COc2ccccc2)c(C)[nH]1. The van der Waals surface area contributed by atoms with Crippen LogP contribution in [0.25, 0.3) is 0 Å². The van der Waals surface area contributed by atoms with Gasteiger partial charge in [0.05, 0.1) is 0 Å². The minimum atomic E-state index is -0.123. The number of carbonyl (C=O) groups is 1. The normalized spacial score (nSPS) is 10.2. The number of ether oxygens (including phenoxy) is 1. The molecule has 0 aliphatic rings. The van der Waals surface area contributed by atoms with Crippen LogP contribution in [-0.2, 0) is 11.3 Å². The number of carbonyl (C=O) groups excluding carboxylic acids is 1. The van der Waals surface area contributed by atoms with Crippen molar-refractivity contribution in [1.29, 1.82) is 0 Å². The van der Waals surface area contributed by atoms with E-state index in [-0.39, 0.29) is 12.5 Å². The Hall–Kier alpha value is -2.23. The highest BCUT2D eigenvalue weighted by Gasteiger charge is 2.05. The lowest BCUT2D eigenvalue weighted by Crippen LogP contribution is -2.28. The van der Waals surface area contributed by atoms with Crippen LogP contribution in [0.2, 0.25) is 0 Å². The highest BCUT2D eigenvalue weighted by Crippen LogP contribution is 2.09. The fourth-order valence-corrected chi connectivity index (χ4v) is 1.88. The maximum atomic E-state index is 11.7. The van der Waals surface area contributed by atoms with Crippen molar-refractivity contribution in [3.63, 3.8) is 0 Å². The van der Waals surface area contributed by atoms with E-state index >= 15 is 0 Å². The van der Waals surface area contributed by atoms with Crippen LogP contribution in [0, 0.1) is 13.8 Å². The molecule has 0 saturated heterocycles. The van der Waals surface area contributed by atoms with Crippen LogP contribution in [0.5, 0.6) is 5.75 Å². The van der Waals surface area contributed by atoms with Crippen molar-refractivity contribution in [2.45, 2.75) is 20.4 Å². The van der Waals surface area contributed by atoms with Crippen LogP contribution in [-0.4, -0.2) is 17.5 Å². The summed E-state index contributed by atoms with van der Waals surface area (Å²) in [6.07, 6.45) is 0. The van der Waals surface area contributed by atoms with Crippen LogP contribution < -0.4 is 10.1 Å². The third-order valence-corrected chi connectivity index (χ3v) is 2.85. The zero-order valence-corrected chi connectivity index (χ0v) is 11.2. The summed E-state index contributed by atoms with van der Waals surface area (Å²) < 4.78 is 5.37. The van der Waals surface area contributed by atoms with E-state index in [0.717, 1.165) is 17.0 Å². The molecule has 0 radical (unpaired) electrons. The third kappa shape index (κ3) is 3.88. The van der Waals surface area contributed by atoms with Crippen LogP contribution in [0.3, 0.4) is 0 Å². The number of nitrogens with one attached hydrogen (secondary N) is 2. The summed E-state index contributed by atoms with van der Waals surface area (Å²) in [6, 6.07) is 11.3. The number of hydrogen-bond donors (Lipinski definition) is 2. The van der Waals surface area contributed by atoms with E-state index in [4.69, 9.17) is 4.74 Å². The van der Waals surface area contributed by atoms with Gasteiger partial charge in [0.2, 0.25) is 0 Å². The summed E-state index contributed by atoms with van der Waals surface area (Å²) >= 11 is 0. The number of H-pyrrole nitrogens is 1. The van der Waals surface area contributed by atoms with Crippen LogP contribution in [0.1, 0.15) is 17.0 Å². The Bertz CT molecular complexity index is 547. The molecule has 0 unspecified atom stereocenters. The van der Waals surface area contributed by atoms with E-state index in [1.165, 1.54) is 0 Å². The lowest BCUT2D eigenvalue weighted by molar-refractivity contribution is -0.123. The molecule has 0 atom stereocenters. The first-order valence-electron chi connectivity index (χ1n) is 6.25. The number of aryl methyl sites for hydroxylation is 2. The highest BCUT2D eigenvalue weighted by atomic mass is 16.5. The van der Waals surface area contributed by atoms with Crippen molar-refractivity contribution < 1.29 is 9.53 Å². The number of hydrogen-bond acceptors (Lipinski definition) is 2. The molecule has 4 nitrogen and oxygen atoms in total. The van der Waals surface area contributed by atoms with Gasteiger partial charge in [-0.25, -0.2) is 0 Å². The van der Waals surface area contributed by atoms with Gasteiger partial charge in [0, 0.05) is 17.9 Å². The summed E-state index contributed by atoms with van der Waals surface area (Å²) in [5, 5.41) is 2.84. The Morgan fingerprint density at radius 2 is 2.00 bits per heavy atom. The standard InChI is InChI=1S/C15H18N2O2/c1-11-8-13(12(2)17-11)9-16-15(18)10-19-14-6-4-3-5-7-14/h3-8,17H,9-10H2,1-2H3,(H,16,18). The molecule has 1 heterocycles. The molecule has 1 aromatic heterocycles. The molecule has 2 N–H and O–H groups in total. The third-order valence-electron chi connectivity index (χ3n) is 2.85. The van der Waals surface area contributed by atoms with Gasteiger partial charge in [0.1, 0.15) is 5.75 Å². The highest BCUT2D eigenvalue weighted by molar-refractivity contribution is 5.77. The van der Waals surface area contributed by atoms with Crippen molar-refractivity contribution in [2.24, 2.45) is 0 Å². The van der Waals surface area contributed by atoms with Crippen molar-refractivity contribution >= 4 is 5.91 Å². The smallest absolute Gasteiger partial charge is 0.258 e. The molecule has 100 valence electrons. The molecule has 4 heteroatoms. The van der Waals surface area contributed by atoms with Crippen LogP contribution >= 0.6 is 0 Å². The second-order valence-corrected chi connectivity index (χ2v) is 4.48. The van der Waals surface area contributed by atoms with E-state index in [0.29, 0.717) is 12.3 Å². The fraction of sp³-hybridized carbons (Fsp3) is 0.267. The lowest BCUT2D eigenvalue weighted by atomic mass is 10.2. The number of aromatic amines is 1. The lowest BCUT2D eigenvalue weighted by Gasteiger charge is -2.07. The van der Waals surface area contributed by atoms with Crippen molar-refractivity contribution in [2.75, 3.05) is 6.61 Å². The summed E-state index contributed by atoms with van der Waals surface area (Å²) in [6.45, 7) is 4.55. The minimum absolute atomic E-state index is 0.0342. The van der Waals surface area contributed by atoms with Crippen LogP contribution in [0.4, 0.5) is 0 Å². The van der Waals surface area contributed by atoms with E-state index < -0.39 is 0 Å². The Balaban J connectivity index is 1.77. The summed E-state index contributed by atoms with van der Waals surface area (Å²) in [7, 11) is 0. The molecular weight excluding hydrogens is 240 g/mol. The molecule has 0 bridgehead atoms. The second-order valence-electron chi connectivity index (χ2n) is 4.48. The van der Waals surface area contributed by atoms with E-state index in [1.807, 2.05) is 50.2 Å². The monoisotopic (exact) mass is 258 g/mol. The Morgan fingerprint density at radius 3 is 2.63 bits per heavy atom. The van der Waals surface area contributed by atoms with Gasteiger partial charge < -0.3 is 15.0 Å². The molecule has 0 fully saturated rings. The molecule has 0 saturated carbocycles. The zero-order chi connectivity index (χ0) is 13.7. The molecule has 0 aliphatic heterocycles. The summed E-state index contributed by atoms with van der Waals surface area (Å²) in [5.74, 6) is 0.577. The summed E-state index contributed by atoms with van der Waals surface area (Å²) in [5.41, 5.74) is 3.29. The van der Waals surface area contributed by atoms with Crippen molar-refractivity contribution in [3.05, 3.63) is 53.3 Å². The molecular formula is C15H18N2O2. The maximum Gasteiger partial charge on any atom is 0.258 e. The average Bonchev–Trinajstić information content (AvgIpc) is 2.73. The van der Waals surface area contributed by atoms with Gasteiger partial charge >= 0.3 is 0 Å². The fourth-order valence-electron chi connectivity index (χ4n) is 1.88. The van der Waals surface area contributed by atoms with E-state index in [1.54, 1.807) is 0 Å². The van der Waals surface area contributed by atoms with Gasteiger partial charge in [-0.15, -0.1) is 0 Å². The Morgan fingerprint density at radius 1 is 1.26 bits per heavy atom. The predicted molar refractivity (Wildman–Crippen MR) is 74.1 cm³/mol. The van der Waals surface area contributed by atoms with Gasteiger partial charge in [-0.2, -0.15) is 0 Å².